The molecule has 84 valence electrons. The van der Waals surface area contributed by atoms with Crippen molar-refractivity contribution >= 4 is 0 Å². The van der Waals surface area contributed by atoms with Crippen LogP contribution in [-0.2, 0) is 0 Å². The molecule has 0 spiro atoms. The molecule has 0 aromatic heterocycles. The largest absolute Gasteiger partial charge is 0.387 e. The highest BCUT2D eigenvalue weighted by molar-refractivity contribution is 5.21. The highest BCUT2D eigenvalue weighted by atomic mass is 19.1. The fourth-order valence-corrected chi connectivity index (χ4v) is 1.22. The minimum Gasteiger partial charge on any atom is -0.387 e. The number of benzene rings is 1. The van der Waals surface area contributed by atoms with Crippen LogP contribution in [0.15, 0.2) is 18.2 Å². The SMILES string of the molecule is NCCNCC(O)c1cc(F)ccc1F. The van der Waals surface area contributed by atoms with Crippen LogP contribution in [0.5, 0.6) is 0 Å². The van der Waals surface area contributed by atoms with Crippen LogP contribution in [0, 0.1) is 11.6 Å². The van der Waals surface area contributed by atoms with Crippen LogP contribution in [0.25, 0.3) is 0 Å². The van der Waals surface area contributed by atoms with Crippen molar-refractivity contribution in [1.29, 1.82) is 0 Å². The Hall–Kier alpha value is -1.04. The maximum Gasteiger partial charge on any atom is 0.129 e. The van der Waals surface area contributed by atoms with Gasteiger partial charge >= 0.3 is 0 Å². The van der Waals surface area contributed by atoms with Gasteiger partial charge in [-0.25, -0.2) is 8.78 Å². The topological polar surface area (TPSA) is 58.3 Å². The summed E-state index contributed by atoms with van der Waals surface area (Å²) in [6, 6.07) is 3.00. The van der Waals surface area contributed by atoms with E-state index in [9.17, 15) is 13.9 Å². The molecule has 3 nitrogen and oxygen atoms in total. The third-order valence-electron chi connectivity index (χ3n) is 1.98. The van der Waals surface area contributed by atoms with Crippen LogP contribution >= 0.6 is 0 Å². The minimum absolute atomic E-state index is 0.0421. The lowest BCUT2D eigenvalue weighted by Gasteiger charge is -2.12. The van der Waals surface area contributed by atoms with Crippen molar-refractivity contribution in [3.8, 4) is 0 Å². The third-order valence-corrected chi connectivity index (χ3v) is 1.98. The Morgan fingerprint density at radius 1 is 1.40 bits per heavy atom. The van der Waals surface area contributed by atoms with Crippen molar-refractivity contribution < 1.29 is 13.9 Å². The molecule has 1 rings (SSSR count). The number of halogens is 2. The average Bonchev–Trinajstić information content (AvgIpc) is 2.22. The molecule has 4 N–H and O–H groups in total. The molecule has 0 amide bonds. The standard InChI is InChI=1S/C10H14F2N2O/c11-7-1-2-9(12)8(5-7)10(15)6-14-4-3-13/h1-2,5,10,14-15H,3-4,6,13H2. The van der Waals surface area contributed by atoms with E-state index in [1.807, 2.05) is 0 Å². The summed E-state index contributed by atoms with van der Waals surface area (Å²) in [4.78, 5) is 0. The maximum atomic E-state index is 13.2. The van der Waals surface area contributed by atoms with Gasteiger partial charge < -0.3 is 16.2 Å². The van der Waals surface area contributed by atoms with Gasteiger partial charge in [-0.3, -0.25) is 0 Å². The fourth-order valence-electron chi connectivity index (χ4n) is 1.22. The zero-order valence-electron chi connectivity index (χ0n) is 8.21. The zero-order valence-corrected chi connectivity index (χ0v) is 8.21. The van der Waals surface area contributed by atoms with Gasteiger partial charge in [0.2, 0.25) is 0 Å². The fraction of sp³-hybridized carbons (Fsp3) is 0.400. The van der Waals surface area contributed by atoms with Crippen molar-refractivity contribution in [2.75, 3.05) is 19.6 Å². The van der Waals surface area contributed by atoms with Crippen LogP contribution in [-0.4, -0.2) is 24.7 Å². The van der Waals surface area contributed by atoms with Crippen LogP contribution < -0.4 is 11.1 Å². The molecule has 0 saturated carbocycles. The first kappa shape index (κ1) is 12.0. The summed E-state index contributed by atoms with van der Waals surface area (Å²) in [6.07, 6.45) is -1.06. The molecule has 15 heavy (non-hydrogen) atoms. The minimum atomic E-state index is -1.06. The lowest BCUT2D eigenvalue weighted by atomic mass is 10.1. The first-order chi connectivity index (χ1) is 7.15. The van der Waals surface area contributed by atoms with Crippen molar-refractivity contribution in [1.82, 2.24) is 5.32 Å². The summed E-state index contributed by atoms with van der Waals surface area (Å²) >= 11 is 0. The molecule has 0 aliphatic rings. The summed E-state index contributed by atoms with van der Waals surface area (Å²) in [7, 11) is 0. The van der Waals surface area contributed by atoms with Crippen LogP contribution in [0.2, 0.25) is 0 Å². The molecule has 1 unspecified atom stereocenters. The van der Waals surface area contributed by atoms with E-state index in [4.69, 9.17) is 5.73 Å². The molecule has 0 aliphatic heterocycles. The van der Waals surface area contributed by atoms with Gasteiger partial charge in [0.25, 0.3) is 0 Å². The molecule has 5 heteroatoms. The van der Waals surface area contributed by atoms with E-state index in [-0.39, 0.29) is 12.1 Å². The maximum absolute atomic E-state index is 13.2. The summed E-state index contributed by atoms with van der Waals surface area (Å²) in [5.41, 5.74) is 5.19. The normalized spacial score (nSPS) is 12.8. The lowest BCUT2D eigenvalue weighted by Crippen LogP contribution is -2.27. The molecule has 0 radical (unpaired) electrons. The van der Waals surface area contributed by atoms with Crippen LogP contribution in [0.4, 0.5) is 8.78 Å². The summed E-state index contributed by atoms with van der Waals surface area (Å²) in [6.45, 7) is 1.10. The Labute approximate surface area is 86.9 Å². The molecule has 1 aromatic rings. The number of hydrogen-bond acceptors (Lipinski definition) is 3. The Morgan fingerprint density at radius 2 is 2.13 bits per heavy atom. The summed E-state index contributed by atoms with van der Waals surface area (Å²) in [5, 5.41) is 12.4. The van der Waals surface area contributed by atoms with E-state index in [1.165, 1.54) is 0 Å². The highest BCUT2D eigenvalue weighted by Crippen LogP contribution is 2.17. The van der Waals surface area contributed by atoms with Crippen molar-refractivity contribution in [2.24, 2.45) is 5.73 Å². The lowest BCUT2D eigenvalue weighted by molar-refractivity contribution is 0.170. The predicted molar refractivity (Wildman–Crippen MR) is 53.2 cm³/mol. The molecule has 0 heterocycles. The van der Waals surface area contributed by atoms with E-state index in [1.54, 1.807) is 0 Å². The quantitative estimate of drug-likeness (QED) is 0.630. The first-order valence-corrected chi connectivity index (χ1v) is 4.69. The van der Waals surface area contributed by atoms with Crippen molar-refractivity contribution in [3.63, 3.8) is 0 Å². The second-order valence-corrected chi connectivity index (χ2v) is 3.17. The number of nitrogens with two attached hydrogens (primary N) is 1. The van der Waals surface area contributed by atoms with E-state index in [0.29, 0.717) is 13.1 Å². The first-order valence-electron chi connectivity index (χ1n) is 4.69. The number of aliphatic hydroxyl groups excluding tert-OH is 1. The molecule has 0 aliphatic carbocycles. The van der Waals surface area contributed by atoms with Crippen molar-refractivity contribution in [2.45, 2.75) is 6.10 Å². The second kappa shape index (κ2) is 5.75. The summed E-state index contributed by atoms with van der Waals surface area (Å²) in [5.74, 6) is -1.18. The Kier molecular flexibility index (Phi) is 4.61. The highest BCUT2D eigenvalue weighted by Gasteiger charge is 2.12. The molecule has 0 saturated heterocycles. The third kappa shape index (κ3) is 3.54. The monoisotopic (exact) mass is 216 g/mol. The van der Waals surface area contributed by atoms with Gasteiger partial charge in [-0.05, 0) is 18.2 Å². The Morgan fingerprint density at radius 3 is 2.80 bits per heavy atom. The van der Waals surface area contributed by atoms with Gasteiger partial charge in [0.15, 0.2) is 0 Å². The van der Waals surface area contributed by atoms with Crippen molar-refractivity contribution in [3.05, 3.63) is 35.4 Å². The molecular weight excluding hydrogens is 202 g/mol. The Balaban J connectivity index is 2.64. The van der Waals surface area contributed by atoms with Gasteiger partial charge in [-0.2, -0.15) is 0 Å². The molecule has 0 bridgehead atoms. The zero-order chi connectivity index (χ0) is 11.3. The Bertz CT molecular complexity index is 320. The number of aliphatic hydroxyl groups is 1. The van der Waals surface area contributed by atoms with Gasteiger partial charge in [0, 0.05) is 25.2 Å². The predicted octanol–water partition coefficient (Wildman–Crippen LogP) is 0.546. The van der Waals surface area contributed by atoms with Crippen LogP contribution in [0.1, 0.15) is 11.7 Å². The van der Waals surface area contributed by atoms with Gasteiger partial charge in [0.05, 0.1) is 6.10 Å². The molecular formula is C10H14F2N2O. The van der Waals surface area contributed by atoms with Gasteiger partial charge in [0.1, 0.15) is 11.6 Å². The second-order valence-electron chi connectivity index (χ2n) is 3.17. The smallest absolute Gasteiger partial charge is 0.129 e. The molecule has 0 fully saturated rings. The van der Waals surface area contributed by atoms with Crippen LogP contribution in [0.3, 0.4) is 0 Å². The summed E-state index contributed by atoms with van der Waals surface area (Å²) < 4.78 is 25.9. The van der Waals surface area contributed by atoms with E-state index in [0.717, 1.165) is 18.2 Å². The molecule has 1 atom stereocenters. The van der Waals surface area contributed by atoms with E-state index >= 15 is 0 Å². The van der Waals surface area contributed by atoms with E-state index < -0.39 is 17.7 Å². The number of rotatable bonds is 5. The average molecular weight is 216 g/mol. The molecule has 1 aromatic carbocycles. The number of hydrogen-bond donors (Lipinski definition) is 3. The van der Waals surface area contributed by atoms with Gasteiger partial charge in [-0.15, -0.1) is 0 Å². The van der Waals surface area contributed by atoms with Gasteiger partial charge in [-0.1, -0.05) is 0 Å². The van der Waals surface area contributed by atoms with E-state index in [2.05, 4.69) is 5.32 Å². The number of nitrogens with one attached hydrogen (secondary N) is 1.